The number of para-hydroxylation sites is 3. The van der Waals surface area contributed by atoms with Crippen LogP contribution >= 0.6 is 11.8 Å². The Kier molecular flexibility index (Phi) is 13.5. The van der Waals surface area contributed by atoms with Gasteiger partial charge in [-0.2, -0.15) is 0 Å². The van der Waals surface area contributed by atoms with E-state index in [9.17, 15) is 14.7 Å². The Morgan fingerprint density at radius 3 is 2.29 bits per heavy atom. The standard InChI is InChI=1S/C39H45N3O6S/c1-46-34-15-8-9-16-36(34)49-26-31-24-35(28-21-19-27(25-43)20-22-28)48-39(47-31)29-11-10-12-30(23-29)41-37(44)17-4-2-3-5-18-38(45)42-33-14-7-6-13-32(33)40/h6-16,19-23,31,35,39,43H,2-5,17-18,24-26,40H2,1H3,(H,41,44)(H,42,45)/t31-,35+,39+/m0/s1. The molecule has 0 aliphatic carbocycles. The molecule has 9 nitrogen and oxygen atoms in total. The van der Waals surface area contributed by atoms with Crippen molar-refractivity contribution in [1.29, 1.82) is 0 Å². The van der Waals surface area contributed by atoms with E-state index in [-0.39, 0.29) is 30.6 Å². The van der Waals surface area contributed by atoms with Crippen molar-refractivity contribution in [3.8, 4) is 5.75 Å². The summed E-state index contributed by atoms with van der Waals surface area (Å²) >= 11 is 1.68. The predicted octanol–water partition coefficient (Wildman–Crippen LogP) is 8.03. The van der Waals surface area contributed by atoms with Crippen LogP contribution in [0.1, 0.15) is 74.0 Å². The molecule has 0 spiro atoms. The summed E-state index contributed by atoms with van der Waals surface area (Å²) in [6.07, 6.45) is 3.70. The van der Waals surface area contributed by atoms with Crippen molar-refractivity contribution in [2.24, 2.45) is 0 Å². The number of anilines is 3. The van der Waals surface area contributed by atoms with Gasteiger partial charge in [0, 0.05) is 41.2 Å². The molecule has 0 aromatic heterocycles. The minimum absolute atomic E-state index is 0.0155. The maximum atomic E-state index is 12.8. The van der Waals surface area contributed by atoms with Crippen molar-refractivity contribution in [1.82, 2.24) is 0 Å². The van der Waals surface area contributed by atoms with E-state index in [1.807, 2.05) is 84.9 Å². The van der Waals surface area contributed by atoms with Crippen molar-refractivity contribution in [3.63, 3.8) is 0 Å². The Hall–Kier alpha value is -4.35. The number of nitrogen functional groups attached to an aromatic ring is 1. The van der Waals surface area contributed by atoms with E-state index in [2.05, 4.69) is 10.6 Å². The van der Waals surface area contributed by atoms with Crippen LogP contribution in [0.4, 0.5) is 17.1 Å². The lowest BCUT2D eigenvalue weighted by molar-refractivity contribution is -0.245. The van der Waals surface area contributed by atoms with Crippen molar-refractivity contribution < 1.29 is 28.9 Å². The molecule has 1 aliphatic heterocycles. The van der Waals surface area contributed by atoms with Crippen LogP contribution in [-0.2, 0) is 25.7 Å². The Morgan fingerprint density at radius 1 is 0.837 bits per heavy atom. The highest BCUT2D eigenvalue weighted by molar-refractivity contribution is 7.99. The second kappa shape index (κ2) is 18.4. The summed E-state index contributed by atoms with van der Waals surface area (Å²) in [6, 6.07) is 30.6. The van der Waals surface area contributed by atoms with Crippen molar-refractivity contribution >= 4 is 40.6 Å². The predicted molar refractivity (Wildman–Crippen MR) is 194 cm³/mol. The smallest absolute Gasteiger partial charge is 0.224 e. The quantitative estimate of drug-likeness (QED) is 0.0530. The van der Waals surface area contributed by atoms with Crippen molar-refractivity contribution in [3.05, 3.63) is 114 Å². The fourth-order valence-electron chi connectivity index (χ4n) is 5.68. The third kappa shape index (κ3) is 10.8. The summed E-state index contributed by atoms with van der Waals surface area (Å²) in [5, 5.41) is 15.4. The van der Waals surface area contributed by atoms with E-state index >= 15 is 0 Å². The van der Waals surface area contributed by atoms with Gasteiger partial charge in [-0.05, 0) is 60.4 Å². The molecule has 1 saturated heterocycles. The van der Waals surface area contributed by atoms with Crippen LogP contribution in [0.25, 0.3) is 0 Å². The highest BCUT2D eigenvalue weighted by Crippen LogP contribution is 2.40. The number of aliphatic hydroxyl groups is 1. The first-order valence-electron chi connectivity index (χ1n) is 16.7. The van der Waals surface area contributed by atoms with Crippen molar-refractivity contribution in [2.45, 2.75) is 74.9 Å². The van der Waals surface area contributed by atoms with E-state index in [4.69, 9.17) is 19.9 Å². The van der Waals surface area contributed by atoms with E-state index < -0.39 is 6.29 Å². The molecule has 1 heterocycles. The van der Waals surface area contributed by atoms with Gasteiger partial charge < -0.3 is 35.7 Å². The molecule has 10 heteroatoms. The molecule has 5 N–H and O–H groups in total. The average Bonchev–Trinajstić information content (AvgIpc) is 3.13. The number of thioether (sulfide) groups is 1. The van der Waals surface area contributed by atoms with Crippen LogP contribution in [0.2, 0.25) is 0 Å². The molecule has 0 bridgehead atoms. The number of carbonyl (C=O) groups excluding carboxylic acids is 2. The maximum absolute atomic E-state index is 12.8. The lowest BCUT2D eigenvalue weighted by Crippen LogP contribution is -2.31. The van der Waals surface area contributed by atoms with Gasteiger partial charge in [0.1, 0.15) is 5.75 Å². The Morgan fingerprint density at radius 2 is 1.55 bits per heavy atom. The Labute approximate surface area is 292 Å². The molecule has 2 amide bonds. The zero-order chi connectivity index (χ0) is 34.4. The summed E-state index contributed by atoms with van der Waals surface area (Å²) in [5.41, 5.74) is 10.4. The molecule has 4 aromatic rings. The van der Waals surface area contributed by atoms with Crippen LogP contribution in [0.5, 0.6) is 5.75 Å². The summed E-state index contributed by atoms with van der Waals surface area (Å²) < 4.78 is 18.6. The van der Waals surface area contributed by atoms with Crippen LogP contribution in [-0.4, -0.2) is 35.9 Å². The van der Waals surface area contributed by atoms with E-state index in [1.165, 1.54) is 0 Å². The minimum Gasteiger partial charge on any atom is -0.496 e. The molecule has 1 fully saturated rings. The van der Waals surface area contributed by atoms with Gasteiger partial charge in [0.15, 0.2) is 6.29 Å². The normalized spacial score (nSPS) is 17.3. The van der Waals surface area contributed by atoms with Gasteiger partial charge in [-0.25, -0.2) is 0 Å². The molecule has 0 saturated carbocycles. The first kappa shape index (κ1) is 35.9. The fraction of sp³-hybridized carbons (Fsp3) is 0.333. The highest BCUT2D eigenvalue weighted by atomic mass is 32.2. The van der Waals surface area contributed by atoms with Gasteiger partial charge >= 0.3 is 0 Å². The number of ether oxygens (including phenoxy) is 3. The van der Waals surface area contributed by atoms with Crippen LogP contribution in [0, 0.1) is 0 Å². The molecular formula is C39H45N3O6S. The third-order valence-corrected chi connectivity index (χ3v) is 9.53. The van der Waals surface area contributed by atoms with Gasteiger partial charge in [0.2, 0.25) is 11.8 Å². The van der Waals surface area contributed by atoms with Gasteiger partial charge in [-0.15, -0.1) is 11.8 Å². The first-order valence-corrected chi connectivity index (χ1v) is 17.7. The molecular weight excluding hydrogens is 639 g/mol. The topological polar surface area (TPSA) is 132 Å². The Balaban J connectivity index is 1.13. The number of carbonyl (C=O) groups is 2. The number of rotatable bonds is 16. The molecule has 3 atom stereocenters. The van der Waals surface area contributed by atoms with Crippen LogP contribution < -0.4 is 21.1 Å². The number of hydrogen-bond donors (Lipinski definition) is 4. The molecule has 258 valence electrons. The Bertz CT molecular complexity index is 1670. The number of amides is 2. The molecule has 1 aliphatic rings. The second-order valence-electron chi connectivity index (χ2n) is 12.0. The fourth-order valence-corrected chi connectivity index (χ4v) is 6.73. The van der Waals surface area contributed by atoms with E-state index in [0.717, 1.165) is 53.0 Å². The van der Waals surface area contributed by atoms with Gasteiger partial charge in [-0.1, -0.05) is 73.5 Å². The summed E-state index contributed by atoms with van der Waals surface area (Å²) in [4.78, 5) is 26.1. The number of benzene rings is 4. The lowest BCUT2D eigenvalue weighted by Gasteiger charge is -2.36. The lowest BCUT2D eigenvalue weighted by atomic mass is 10.0. The van der Waals surface area contributed by atoms with Gasteiger partial charge in [0.05, 0.1) is 37.3 Å². The minimum atomic E-state index is -0.632. The number of unbranched alkanes of at least 4 members (excludes halogenated alkanes) is 3. The summed E-state index contributed by atoms with van der Waals surface area (Å²) in [6.45, 7) is -0.0155. The van der Waals surface area contributed by atoms with Crippen LogP contribution in [0.3, 0.4) is 0 Å². The number of hydrogen-bond acceptors (Lipinski definition) is 8. The number of aliphatic hydroxyl groups excluding tert-OH is 1. The molecule has 4 aromatic carbocycles. The van der Waals surface area contributed by atoms with E-state index in [0.29, 0.717) is 42.1 Å². The average molecular weight is 684 g/mol. The SMILES string of the molecule is COc1ccccc1SC[C@@H]1C[C@H](c2ccc(CO)cc2)O[C@H](c2cccc(NC(=O)CCCCCCC(=O)Nc3ccccc3N)c2)O1. The number of nitrogens with two attached hydrogens (primary N) is 1. The zero-order valence-electron chi connectivity index (χ0n) is 27.8. The summed E-state index contributed by atoms with van der Waals surface area (Å²) in [5.74, 6) is 1.41. The zero-order valence-corrected chi connectivity index (χ0v) is 28.6. The van der Waals surface area contributed by atoms with Crippen molar-refractivity contribution in [2.75, 3.05) is 29.2 Å². The van der Waals surface area contributed by atoms with Crippen LogP contribution in [0.15, 0.2) is 102 Å². The molecule has 5 rings (SSSR count). The first-order chi connectivity index (χ1) is 23.9. The highest BCUT2D eigenvalue weighted by Gasteiger charge is 2.32. The number of nitrogens with one attached hydrogen (secondary N) is 2. The van der Waals surface area contributed by atoms with Gasteiger partial charge in [-0.3, -0.25) is 9.59 Å². The largest absolute Gasteiger partial charge is 0.496 e. The summed E-state index contributed by atoms with van der Waals surface area (Å²) in [7, 11) is 1.67. The number of methoxy groups -OCH3 is 1. The second-order valence-corrected chi connectivity index (χ2v) is 13.1. The molecule has 0 radical (unpaired) electrons. The monoisotopic (exact) mass is 683 g/mol. The van der Waals surface area contributed by atoms with Gasteiger partial charge in [0.25, 0.3) is 0 Å². The maximum Gasteiger partial charge on any atom is 0.224 e. The third-order valence-electron chi connectivity index (χ3n) is 8.34. The molecule has 49 heavy (non-hydrogen) atoms. The van der Waals surface area contributed by atoms with E-state index in [1.54, 1.807) is 31.0 Å². The molecule has 0 unspecified atom stereocenters.